The minimum atomic E-state index is -0.645. The van der Waals surface area contributed by atoms with E-state index < -0.39 is 17.8 Å². The van der Waals surface area contributed by atoms with E-state index in [-0.39, 0.29) is 18.7 Å². The number of ether oxygens (including phenoxy) is 1. The highest BCUT2D eigenvalue weighted by Gasteiger charge is 2.27. The van der Waals surface area contributed by atoms with E-state index in [9.17, 15) is 9.18 Å². The number of nitriles is 1. The van der Waals surface area contributed by atoms with Gasteiger partial charge in [0.05, 0.1) is 24.8 Å². The molecule has 1 atom stereocenters. The van der Waals surface area contributed by atoms with E-state index in [0.29, 0.717) is 11.0 Å². The molecule has 1 fully saturated rings. The average molecular weight is 313 g/mol. The molecule has 0 radical (unpaired) electrons. The van der Waals surface area contributed by atoms with Gasteiger partial charge >= 0.3 is 0 Å². The van der Waals surface area contributed by atoms with E-state index in [1.165, 1.54) is 17.0 Å². The topological polar surface area (TPSA) is 53.3 Å². The van der Waals surface area contributed by atoms with Crippen molar-refractivity contribution in [3.8, 4) is 6.07 Å². The second-order valence-electron chi connectivity index (χ2n) is 3.84. The summed E-state index contributed by atoms with van der Waals surface area (Å²) in [4.78, 5) is 13.6. The Morgan fingerprint density at radius 3 is 3.06 bits per heavy atom. The zero-order valence-corrected chi connectivity index (χ0v) is 11.0. The maximum Gasteiger partial charge on any atom is 0.258 e. The molecule has 2 rings (SSSR count). The number of amides is 1. The van der Waals surface area contributed by atoms with Crippen molar-refractivity contribution in [2.24, 2.45) is 0 Å². The van der Waals surface area contributed by atoms with Crippen LogP contribution in [0.2, 0.25) is 0 Å². The van der Waals surface area contributed by atoms with Gasteiger partial charge in [0.15, 0.2) is 6.10 Å². The highest BCUT2D eigenvalue weighted by atomic mass is 79.9. The standard InChI is InChI=1S/C12H10BrFN2O2/c13-9-2-1-3-10(14)11(9)12(17)16-4-5-18-8(6-15)7-16/h1-3,8H,4-5,7H2/t8-/m0/s1. The number of benzene rings is 1. The summed E-state index contributed by atoms with van der Waals surface area (Å²) in [5.41, 5.74) is -0.00362. The zero-order chi connectivity index (χ0) is 13.1. The van der Waals surface area contributed by atoms with Crippen LogP contribution in [0.25, 0.3) is 0 Å². The molecule has 0 bridgehead atoms. The molecular formula is C12H10BrFN2O2. The fraction of sp³-hybridized carbons (Fsp3) is 0.333. The van der Waals surface area contributed by atoms with Crippen molar-refractivity contribution in [1.82, 2.24) is 4.90 Å². The van der Waals surface area contributed by atoms with Crippen LogP contribution in [0.1, 0.15) is 10.4 Å². The van der Waals surface area contributed by atoms with E-state index in [4.69, 9.17) is 10.00 Å². The van der Waals surface area contributed by atoms with Gasteiger partial charge in [-0.1, -0.05) is 6.07 Å². The molecule has 1 heterocycles. The summed E-state index contributed by atoms with van der Waals surface area (Å²) in [6, 6.07) is 6.32. The first kappa shape index (κ1) is 13.0. The first-order chi connectivity index (χ1) is 8.63. The molecule has 1 saturated heterocycles. The van der Waals surface area contributed by atoms with Gasteiger partial charge in [-0.3, -0.25) is 4.79 Å². The zero-order valence-electron chi connectivity index (χ0n) is 9.40. The number of carbonyl (C=O) groups is 1. The van der Waals surface area contributed by atoms with E-state index in [0.717, 1.165) is 0 Å². The van der Waals surface area contributed by atoms with E-state index in [1.807, 2.05) is 6.07 Å². The van der Waals surface area contributed by atoms with Gasteiger partial charge in [0, 0.05) is 11.0 Å². The lowest BCUT2D eigenvalue weighted by molar-refractivity contribution is 0.00321. The lowest BCUT2D eigenvalue weighted by Gasteiger charge is -2.30. The molecule has 1 aromatic rings. The van der Waals surface area contributed by atoms with Crippen molar-refractivity contribution in [3.63, 3.8) is 0 Å². The fourth-order valence-electron chi connectivity index (χ4n) is 1.77. The summed E-state index contributed by atoms with van der Waals surface area (Å²) in [5.74, 6) is -1.00. The smallest absolute Gasteiger partial charge is 0.258 e. The highest BCUT2D eigenvalue weighted by Crippen LogP contribution is 2.22. The van der Waals surface area contributed by atoms with Gasteiger partial charge in [0.1, 0.15) is 5.82 Å². The van der Waals surface area contributed by atoms with Crippen molar-refractivity contribution in [1.29, 1.82) is 5.26 Å². The maximum absolute atomic E-state index is 13.7. The van der Waals surface area contributed by atoms with Crippen molar-refractivity contribution < 1.29 is 13.9 Å². The third-order valence-corrected chi connectivity index (χ3v) is 3.34. The molecule has 1 aliphatic rings. The van der Waals surface area contributed by atoms with Crippen molar-refractivity contribution in [2.75, 3.05) is 19.7 Å². The van der Waals surface area contributed by atoms with Crippen LogP contribution < -0.4 is 0 Å². The average Bonchev–Trinajstić information content (AvgIpc) is 2.38. The fourth-order valence-corrected chi connectivity index (χ4v) is 2.28. The monoisotopic (exact) mass is 312 g/mol. The molecule has 6 heteroatoms. The predicted octanol–water partition coefficient (Wildman–Crippen LogP) is 1.95. The lowest BCUT2D eigenvalue weighted by Crippen LogP contribution is -2.45. The summed E-state index contributed by atoms with van der Waals surface area (Å²) in [6.45, 7) is 0.809. The van der Waals surface area contributed by atoms with Crippen LogP contribution >= 0.6 is 15.9 Å². The van der Waals surface area contributed by atoms with Gasteiger partial charge in [0.25, 0.3) is 5.91 Å². The summed E-state index contributed by atoms with van der Waals surface area (Å²) >= 11 is 3.16. The van der Waals surface area contributed by atoms with Crippen LogP contribution in [0.3, 0.4) is 0 Å². The molecule has 4 nitrogen and oxygen atoms in total. The van der Waals surface area contributed by atoms with Crippen molar-refractivity contribution in [3.05, 3.63) is 34.1 Å². The van der Waals surface area contributed by atoms with Gasteiger partial charge < -0.3 is 9.64 Å². The third-order valence-electron chi connectivity index (χ3n) is 2.67. The Kier molecular flexibility index (Phi) is 3.94. The lowest BCUT2D eigenvalue weighted by atomic mass is 10.1. The van der Waals surface area contributed by atoms with E-state index in [1.54, 1.807) is 6.07 Å². The number of rotatable bonds is 1. The van der Waals surface area contributed by atoms with Crippen LogP contribution in [-0.4, -0.2) is 36.6 Å². The number of hydrogen-bond acceptors (Lipinski definition) is 3. The largest absolute Gasteiger partial charge is 0.360 e. The van der Waals surface area contributed by atoms with Crippen molar-refractivity contribution >= 4 is 21.8 Å². The molecular weight excluding hydrogens is 303 g/mol. The number of morpholine rings is 1. The van der Waals surface area contributed by atoms with Crippen LogP contribution in [-0.2, 0) is 4.74 Å². The predicted molar refractivity (Wildman–Crippen MR) is 65.4 cm³/mol. The molecule has 18 heavy (non-hydrogen) atoms. The maximum atomic E-state index is 13.7. The molecule has 1 aliphatic heterocycles. The molecule has 1 aromatic carbocycles. The molecule has 1 amide bonds. The number of hydrogen-bond donors (Lipinski definition) is 0. The van der Waals surface area contributed by atoms with Gasteiger partial charge in [-0.25, -0.2) is 4.39 Å². The normalized spacial score (nSPS) is 19.4. The Labute approximate surface area is 112 Å². The van der Waals surface area contributed by atoms with Crippen LogP contribution in [0.15, 0.2) is 22.7 Å². The van der Waals surface area contributed by atoms with Gasteiger partial charge in [-0.2, -0.15) is 5.26 Å². The van der Waals surface area contributed by atoms with Gasteiger partial charge in [-0.15, -0.1) is 0 Å². The summed E-state index contributed by atoms with van der Waals surface area (Å²) in [7, 11) is 0. The summed E-state index contributed by atoms with van der Waals surface area (Å²) in [5, 5.41) is 8.77. The minimum absolute atomic E-state index is 0.00362. The van der Waals surface area contributed by atoms with Gasteiger partial charge in [-0.05, 0) is 28.1 Å². The first-order valence-electron chi connectivity index (χ1n) is 5.38. The van der Waals surface area contributed by atoms with Crippen LogP contribution in [0.5, 0.6) is 0 Å². The summed E-state index contributed by atoms with van der Waals surface area (Å²) < 4.78 is 19.2. The third kappa shape index (κ3) is 2.52. The number of carbonyl (C=O) groups excluding carboxylic acids is 1. The Hall–Kier alpha value is -1.45. The van der Waals surface area contributed by atoms with E-state index in [2.05, 4.69) is 15.9 Å². The quantitative estimate of drug-likeness (QED) is 0.796. The molecule has 0 spiro atoms. The first-order valence-corrected chi connectivity index (χ1v) is 6.17. The molecule has 0 saturated carbocycles. The summed E-state index contributed by atoms with van der Waals surface area (Å²) in [6.07, 6.45) is -0.645. The Balaban J connectivity index is 2.24. The Bertz CT molecular complexity index is 495. The van der Waals surface area contributed by atoms with Crippen LogP contribution in [0, 0.1) is 17.1 Å². The number of halogens is 2. The second kappa shape index (κ2) is 5.46. The van der Waals surface area contributed by atoms with E-state index >= 15 is 0 Å². The molecule has 94 valence electrons. The second-order valence-corrected chi connectivity index (χ2v) is 4.69. The molecule has 0 N–H and O–H groups in total. The highest BCUT2D eigenvalue weighted by molar-refractivity contribution is 9.10. The molecule has 0 aliphatic carbocycles. The SMILES string of the molecule is N#C[C@H]1CN(C(=O)c2c(F)cccc2Br)CCO1. The Morgan fingerprint density at radius 2 is 2.39 bits per heavy atom. The van der Waals surface area contributed by atoms with Crippen LogP contribution in [0.4, 0.5) is 4.39 Å². The Morgan fingerprint density at radius 1 is 1.61 bits per heavy atom. The number of nitrogens with zero attached hydrogens (tertiary/aromatic N) is 2. The van der Waals surface area contributed by atoms with Gasteiger partial charge in [0.2, 0.25) is 0 Å². The van der Waals surface area contributed by atoms with Crippen molar-refractivity contribution in [2.45, 2.75) is 6.10 Å². The minimum Gasteiger partial charge on any atom is -0.360 e. The molecule has 0 unspecified atom stereocenters. The molecule has 0 aromatic heterocycles.